The van der Waals surface area contributed by atoms with E-state index in [0.717, 1.165) is 31.8 Å². The molecule has 0 unspecified atom stereocenters. The second kappa shape index (κ2) is 11.2. The molecule has 1 aromatic carbocycles. The molecule has 3 aliphatic rings. The van der Waals surface area contributed by atoms with Gasteiger partial charge in [0.1, 0.15) is 11.8 Å². The third-order valence-corrected chi connectivity index (χ3v) is 7.32. The molecule has 3 N–H and O–H groups in total. The van der Waals surface area contributed by atoms with E-state index in [-0.39, 0.29) is 30.7 Å². The average Bonchev–Trinajstić information content (AvgIpc) is 2.75. The van der Waals surface area contributed by atoms with E-state index in [0.29, 0.717) is 23.9 Å². The van der Waals surface area contributed by atoms with Gasteiger partial charge in [-0.05, 0) is 68.7 Å². The summed E-state index contributed by atoms with van der Waals surface area (Å²) in [6.07, 6.45) is 5.10. The molecule has 3 aliphatic heterocycles. The number of fused-ring (bicyclic) bond motifs is 4. The van der Waals surface area contributed by atoms with E-state index < -0.39 is 12.1 Å². The van der Waals surface area contributed by atoms with Crippen LogP contribution in [0.4, 0.5) is 0 Å². The van der Waals surface area contributed by atoms with E-state index in [1.807, 2.05) is 11.0 Å². The molecule has 0 aliphatic carbocycles. The third kappa shape index (κ3) is 5.48. The van der Waals surface area contributed by atoms with E-state index in [9.17, 15) is 9.90 Å². The molecule has 1 aromatic rings. The molecule has 0 aromatic heterocycles. The minimum Gasteiger partial charge on any atom is -0.497 e. The number of carbonyl (C=O) groups excluding carboxylic acids is 1. The summed E-state index contributed by atoms with van der Waals surface area (Å²) in [6, 6.07) is 8.53. The molecular weight excluding hydrogens is 437 g/mol. The number of likely N-dealkylation sites (tertiary alicyclic amines) is 1. The van der Waals surface area contributed by atoms with Crippen LogP contribution in [-0.4, -0.2) is 71.8 Å². The Kier molecular flexibility index (Phi) is 9.46. The van der Waals surface area contributed by atoms with Gasteiger partial charge < -0.3 is 20.5 Å². The first-order chi connectivity index (χ1) is 14.0. The maximum atomic E-state index is 12.9. The first-order valence-electron chi connectivity index (χ1n) is 11.1. The lowest BCUT2D eigenvalue weighted by Crippen LogP contribution is -2.66. The first-order valence-corrected chi connectivity index (χ1v) is 11.1. The number of hydrogen-bond acceptors (Lipinski definition) is 5. The van der Waals surface area contributed by atoms with Gasteiger partial charge in [-0.2, -0.15) is 0 Å². The van der Waals surface area contributed by atoms with Crippen LogP contribution in [0, 0.1) is 11.8 Å². The van der Waals surface area contributed by atoms with Crippen LogP contribution in [0.5, 0.6) is 5.75 Å². The largest absolute Gasteiger partial charge is 0.497 e. The lowest BCUT2D eigenvalue weighted by Gasteiger charge is -2.57. The number of nitrogens with two attached hydrogens (primary N) is 1. The van der Waals surface area contributed by atoms with E-state index in [1.54, 1.807) is 14.0 Å². The second-order valence-corrected chi connectivity index (χ2v) is 9.19. The van der Waals surface area contributed by atoms with E-state index in [4.69, 9.17) is 10.5 Å². The molecule has 3 heterocycles. The number of nitrogens with zero attached hydrogens (tertiary/aromatic N) is 2. The highest BCUT2D eigenvalue weighted by atomic mass is 35.5. The smallest absolute Gasteiger partial charge is 0.242 e. The number of piperidine rings is 3. The van der Waals surface area contributed by atoms with Gasteiger partial charge in [0.2, 0.25) is 5.91 Å². The van der Waals surface area contributed by atoms with E-state index >= 15 is 0 Å². The lowest BCUT2D eigenvalue weighted by atomic mass is 9.71. The van der Waals surface area contributed by atoms with Crippen molar-refractivity contribution in [3.63, 3.8) is 0 Å². The lowest BCUT2D eigenvalue weighted by molar-refractivity contribution is -0.144. The maximum absolute atomic E-state index is 12.9. The van der Waals surface area contributed by atoms with Crippen LogP contribution in [0.15, 0.2) is 24.3 Å². The number of aliphatic hydroxyl groups is 1. The number of aliphatic hydroxyl groups excluding tert-OH is 1. The molecule has 2 bridgehead atoms. The molecule has 3 saturated heterocycles. The number of ether oxygens (including phenoxy) is 1. The standard InChI is InChI=1S/C23H35N3O3.2ClH/c1-15(27)22(24)23(28)25-13-17-12-18(14-25)21(26-9-4-3-8-20(17)26)11-16-6-5-7-19(10-16)29-2;;/h5-7,10,15,17-18,20-22,27H,3-4,8-9,11-14,24H2,1-2H3;2*1H/t15-,17-,18+,20+,21+,22+;;/m1../s1. The Morgan fingerprint density at radius 2 is 2.00 bits per heavy atom. The van der Waals surface area contributed by atoms with Crippen molar-refractivity contribution in [2.75, 3.05) is 26.7 Å². The molecule has 176 valence electrons. The molecular formula is C23H37Cl2N3O3. The Bertz CT molecular complexity index is 736. The number of halogens is 2. The van der Waals surface area contributed by atoms with E-state index in [1.165, 1.54) is 31.2 Å². The summed E-state index contributed by atoms with van der Waals surface area (Å²) in [5.41, 5.74) is 7.29. The molecule has 0 saturated carbocycles. The van der Waals surface area contributed by atoms with Crippen molar-refractivity contribution in [2.45, 2.75) is 63.3 Å². The van der Waals surface area contributed by atoms with Crippen molar-refractivity contribution in [3.8, 4) is 5.75 Å². The summed E-state index contributed by atoms with van der Waals surface area (Å²) in [4.78, 5) is 17.6. The number of methoxy groups -OCH3 is 1. The number of amides is 1. The second-order valence-electron chi connectivity index (χ2n) is 9.19. The highest BCUT2D eigenvalue weighted by Gasteiger charge is 2.48. The fourth-order valence-electron chi connectivity index (χ4n) is 5.83. The summed E-state index contributed by atoms with van der Waals surface area (Å²) < 4.78 is 5.43. The predicted octanol–water partition coefficient (Wildman–Crippen LogP) is 2.49. The van der Waals surface area contributed by atoms with Crippen LogP contribution < -0.4 is 10.5 Å². The Hall–Kier alpha value is -1.05. The molecule has 3 fully saturated rings. The van der Waals surface area contributed by atoms with Crippen LogP contribution in [0.2, 0.25) is 0 Å². The topological polar surface area (TPSA) is 79.0 Å². The fourth-order valence-corrected chi connectivity index (χ4v) is 5.83. The monoisotopic (exact) mass is 473 g/mol. The van der Waals surface area contributed by atoms with Crippen LogP contribution in [0.25, 0.3) is 0 Å². The molecule has 4 rings (SSSR count). The van der Waals surface area contributed by atoms with Gasteiger partial charge in [0.05, 0.1) is 13.2 Å². The summed E-state index contributed by atoms with van der Waals surface area (Å²) in [5.74, 6) is 1.76. The number of rotatable bonds is 5. The Morgan fingerprint density at radius 3 is 2.71 bits per heavy atom. The van der Waals surface area contributed by atoms with Crippen molar-refractivity contribution < 1.29 is 14.6 Å². The molecule has 1 amide bonds. The highest BCUT2D eigenvalue weighted by molar-refractivity contribution is 5.85. The zero-order valence-electron chi connectivity index (χ0n) is 18.5. The third-order valence-electron chi connectivity index (χ3n) is 7.32. The van der Waals surface area contributed by atoms with Gasteiger partial charge in [-0.1, -0.05) is 18.6 Å². The Labute approximate surface area is 198 Å². The summed E-state index contributed by atoms with van der Waals surface area (Å²) in [5, 5.41) is 9.82. The van der Waals surface area contributed by atoms with Crippen molar-refractivity contribution in [3.05, 3.63) is 29.8 Å². The predicted molar refractivity (Wildman–Crippen MR) is 127 cm³/mol. The van der Waals surface area contributed by atoms with Gasteiger partial charge in [0.25, 0.3) is 0 Å². The average molecular weight is 474 g/mol. The van der Waals surface area contributed by atoms with Gasteiger partial charge in [0, 0.05) is 25.2 Å². The summed E-state index contributed by atoms with van der Waals surface area (Å²) >= 11 is 0. The number of benzene rings is 1. The van der Waals surface area contributed by atoms with Gasteiger partial charge in [-0.25, -0.2) is 0 Å². The highest BCUT2D eigenvalue weighted by Crippen LogP contribution is 2.42. The van der Waals surface area contributed by atoms with Crippen LogP contribution in [0.3, 0.4) is 0 Å². The zero-order valence-corrected chi connectivity index (χ0v) is 20.1. The SMILES string of the molecule is COc1cccc(C[C@H]2[C@H]3C[C@H](CN(C(=O)[C@@H](N)[C@@H](C)O)C3)[C@@H]3CCCCN32)c1.Cl.Cl. The molecule has 0 spiro atoms. The minimum absolute atomic E-state index is 0. The quantitative estimate of drug-likeness (QED) is 0.686. The maximum Gasteiger partial charge on any atom is 0.242 e. The van der Waals surface area contributed by atoms with Crippen LogP contribution in [-0.2, 0) is 11.2 Å². The van der Waals surface area contributed by atoms with Crippen molar-refractivity contribution >= 4 is 30.7 Å². The molecule has 6 atom stereocenters. The van der Waals surface area contributed by atoms with Gasteiger partial charge >= 0.3 is 0 Å². The number of hydrogen-bond donors (Lipinski definition) is 2. The summed E-state index contributed by atoms with van der Waals surface area (Å²) in [7, 11) is 1.71. The van der Waals surface area contributed by atoms with Crippen molar-refractivity contribution in [1.82, 2.24) is 9.80 Å². The van der Waals surface area contributed by atoms with Crippen molar-refractivity contribution in [1.29, 1.82) is 0 Å². The van der Waals surface area contributed by atoms with Gasteiger partial charge in [0.15, 0.2) is 0 Å². The zero-order chi connectivity index (χ0) is 20.5. The minimum atomic E-state index is -0.826. The van der Waals surface area contributed by atoms with Gasteiger partial charge in [-0.15, -0.1) is 24.8 Å². The Balaban J connectivity index is 0.00000171. The van der Waals surface area contributed by atoms with E-state index in [2.05, 4.69) is 23.1 Å². The summed E-state index contributed by atoms with van der Waals surface area (Å²) in [6.45, 7) is 4.28. The normalized spacial score (nSPS) is 29.6. The molecule has 6 nitrogen and oxygen atoms in total. The van der Waals surface area contributed by atoms with Crippen LogP contribution >= 0.6 is 24.8 Å². The molecule has 8 heteroatoms. The Morgan fingerprint density at radius 1 is 1.26 bits per heavy atom. The molecule has 31 heavy (non-hydrogen) atoms. The van der Waals surface area contributed by atoms with Gasteiger partial charge in [-0.3, -0.25) is 9.69 Å². The number of carbonyl (C=O) groups is 1. The fraction of sp³-hybridized carbons (Fsp3) is 0.696. The first kappa shape index (κ1) is 26.2. The van der Waals surface area contributed by atoms with Crippen LogP contribution in [0.1, 0.15) is 38.2 Å². The van der Waals surface area contributed by atoms with Crippen molar-refractivity contribution in [2.24, 2.45) is 17.6 Å². The molecule has 0 radical (unpaired) electrons.